The van der Waals surface area contributed by atoms with Gasteiger partial charge in [0.1, 0.15) is 5.82 Å². The molecule has 0 saturated heterocycles. The van der Waals surface area contributed by atoms with Crippen LogP contribution in [0.3, 0.4) is 0 Å². The molecule has 0 unspecified atom stereocenters. The van der Waals surface area contributed by atoms with Crippen LogP contribution in [-0.2, 0) is 0 Å². The zero-order chi connectivity index (χ0) is 11.9. The van der Waals surface area contributed by atoms with Crippen molar-refractivity contribution in [2.45, 2.75) is 19.8 Å². The lowest BCUT2D eigenvalue weighted by Crippen LogP contribution is -1.94. The van der Waals surface area contributed by atoms with Crippen LogP contribution in [0.4, 0.5) is 4.39 Å². The van der Waals surface area contributed by atoms with E-state index in [-0.39, 0.29) is 5.92 Å². The van der Waals surface area contributed by atoms with Crippen LogP contribution >= 0.6 is 23.2 Å². The fourth-order valence-electron chi connectivity index (χ4n) is 1.53. The summed E-state index contributed by atoms with van der Waals surface area (Å²) in [5.41, 5.74) is 1.41. The summed E-state index contributed by atoms with van der Waals surface area (Å²) in [6.45, 7) is 4.03. The van der Waals surface area contributed by atoms with Crippen molar-refractivity contribution in [1.82, 2.24) is 4.98 Å². The first-order valence-electron chi connectivity index (χ1n) is 4.94. The molecule has 1 heterocycles. The molecule has 84 valence electrons. The summed E-state index contributed by atoms with van der Waals surface area (Å²) in [4.78, 5) is 4.39. The quantitative estimate of drug-likeness (QED) is 0.715. The van der Waals surface area contributed by atoms with E-state index in [2.05, 4.69) is 4.98 Å². The number of nitrogens with zero attached hydrogens (tertiary/aromatic N) is 1. The molecule has 0 aliphatic heterocycles. The van der Waals surface area contributed by atoms with Crippen molar-refractivity contribution >= 4 is 34.1 Å². The van der Waals surface area contributed by atoms with Crippen LogP contribution in [0.15, 0.2) is 18.2 Å². The van der Waals surface area contributed by atoms with E-state index in [1.165, 1.54) is 12.1 Å². The maximum Gasteiger partial charge on any atom is 0.125 e. The Morgan fingerprint density at radius 1 is 1.12 bits per heavy atom. The summed E-state index contributed by atoms with van der Waals surface area (Å²) >= 11 is 12.0. The van der Waals surface area contributed by atoms with Crippen LogP contribution in [0.1, 0.15) is 25.5 Å². The van der Waals surface area contributed by atoms with Crippen LogP contribution in [0.2, 0.25) is 10.0 Å². The summed E-state index contributed by atoms with van der Waals surface area (Å²) in [5.74, 6) is -0.151. The summed E-state index contributed by atoms with van der Waals surface area (Å²) in [6.07, 6.45) is 0. The fraction of sp³-hybridized carbons (Fsp3) is 0.250. The first-order chi connectivity index (χ1) is 7.49. The van der Waals surface area contributed by atoms with Crippen LogP contribution in [-0.4, -0.2) is 4.98 Å². The van der Waals surface area contributed by atoms with E-state index in [0.717, 1.165) is 5.69 Å². The molecule has 0 bridgehead atoms. The van der Waals surface area contributed by atoms with E-state index in [1.807, 2.05) is 13.8 Å². The third kappa shape index (κ3) is 2.00. The molecule has 0 aliphatic rings. The Balaban J connectivity index is 2.82. The van der Waals surface area contributed by atoms with Gasteiger partial charge in [-0.2, -0.15) is 0 Å². The second-order valence-corrected chi connectivity index (χ2v) is 4.78. The highest BCUT2D eigenvalue weighted by atomic mass is 35.5. The zero-order valence-electron chi connectivity index (χ0n) is 8.89. The van der Waals surface area contributed by atoms with Crippen LogP contribution in [0.25, 0.3) is 10.9 Å². The third-order valence-corrected chi connectivity index (χ3v) is 2.99. The Hall–Kier alpha value is -0.860. The lowest BCUT2D eigenvalue weighted by molar-refractivity contribution is 0.629. The van der Waals surface area contributed by atoms with E-state index < -0.39 is 5.82 Å². The number of rotatable bonds is 1. The number of fused-ring (bicyclic) bond motifs is 1. The SMILES string of the molecule is CC(C)c1cc(Cl)c2cc(F)cc(Cl)c2n1. The van der Waals surface area contributed by atoms with Gasteiger partial charge in [0, 0.05) is 11.1 Å². The molecule has 4 heteroatoms. The lowest BCUT2D eigenvalue weighted by atomic mass is 10.1. The summed E-state index contributed by atoms with van der Waals surface area (Å²) in [6, 6.07) is 4.35. The topological polar surface area (TPSA) is 12.9 Å². The van der Waals surface area contributed by atoms with Crippen molar-refractivity contribution in [1.29, 1.82) is 0 Å². The molecule has 0 radical (unpaired) electrons. The molecule has 1 nitrogen and oxygen atoms in total. The monoisotopic (exact) mass is 257 g/mol. The number of pyridine rings is 1. The lowest BCUT2D eigenvalue weighted by Gasteiger charge is -2.09. The van der Waals surface area contributed by atoms with Crippen LogP contribution in [0.5, 0.6) is 0 Å². The average molecular weight is 258 g/mol. The Kier molecular flexibility index (Phi) is 3.04. The second kappa shape index (κ2) is 4.19. The molecular weight excluding hydrogens is 248 g/mol. The second-order valence-electron chi connectivity index (χ2n) is 3.97. The van der Waals surface area contributed by atoms with Gasteiger partial charge in [-0.25, -0.2) is 4.39 Å². The van der Waals surface area contributed by atoms with Gasteiger partial charge in [0.05, 0.1) is 15.6 Å². The molecule has 0 atom stereocenters. The predicted octanol–water partition coefficient (Wildman–Crippen LogP) is 4.80. The maximum absolute atomic E-state index is 13.2. The van der Waals surface area contributed by atoms with Crippen molar-refractivity contribution in [3.8, 4) is 0 Å². The Morgan fingerprint density at radius 2 is 1.81 bits per heavy atom. The van der Waals surface area contributed by atoms with Gasteiger partial charge in [-0.05, 0) is 24.1 Å². The van der Waals surface area contributed by atoms with Gasteiger partial charge in [-0.15, -0.1) is 0 Å². The highest BCUT2D eigenvalue weighted by Gasteiger charge is 2.11. The van der Waals surface area contributed by atoms with Gasteiger partial charge >= 0.3 is 0 Å². The molecule has 0 saturated carbocycles. The molecule has 1 aromatic carbocycles. The van der Waals surface area contributed by atoms with E-state index >= 15 is 0 Å². The van der Waals surface area contributed by atoms with Crippen LogP contribution in [0, 0.1) is 5.82 Å². The van der Waals surface area contributed by atoms with Crippen molar-refractivity contribution < 1.29 is 4.39 Å². The molecule has 1 aromatic heterocycles. The van der Waals surface area contributed by atoms with Gasteiger partial charge < -0.3 is 0 Å². The van der Waals surface area contributed by atoms with E-state index in [9.17, 15) is 4.39 Å². The van der Waals surface area contributed by atoms with Crippen molar-refractivity contribution in [2.24, 2.45) is 0 Å². The van der Waals surface area contributed by atoms with E-state index in [1.54, 1.807) is 6.07 Å². The van der Waals surface area contributed by atoms with Gasteiger partial charge in [0.25, 0.3) is 0 Å². The minimum absolute atomic E-state index is 0.253. The van der Waals surface area contributed by atoms with Gasteiger partial charge in [-0.3, -0.25) is 4.98 Å². The first-order valence-corrected chi connectivity index (χ1v) is 5.70. The molecule has 2 aromatic rings. The number of hydrogen-bond acceptors (Lipinski definition) is 1. The molecule has 0 fully saturated rings. The van der Waals surface area contributed by atoms with Crippen LogP contribution < -0.4 is 0 Å². The Morgan fingerprint density at radius 3 is 2.44 bits per heavy atom. The largest absolute Gasteiger partial charge is 0.251 e. The van der Waals surface area contributed by atoms with Crippen molar-refractivity contribution in [3.05, 3.63) is 39.8 Å². The zero-order valence-corrected chi connectivity index (χ0v) is 10.4. The predicted molar refractivity (Wildman–Crippen MR) is 65.8 cm³/mol. The van der Waals surface area contributed by atoms with E-state index in [4.69, 9.17) is 23.2 Å². The fourth-order valence-corrected chi connectivity index (χ4v) is 2.03. The smallest absolute Gasteiger partial charge is 0.125 e. The molecular formula is C12H10Cl2FN. The molecule has 0 spiro atoms. The summed E-state index contributed by atoms with van der Waals surface area (Å²) in [7, 11) is 0. The maximum atomic E-state index is 13.2. The average Bonchev–Trinajstić information content (AvgIpc) is 2.19. The number of benzene rings is 1. The van der Waals surface area contributed by atoms with E-state index in [0.29, 0.717) is 20.9 Å². The van der Waals surface area contributed by atoms with Gasteiger partial charge in [0.2, 0.25) is 0 Å². The van der Waals surface area contributed by atoms with Gasteiger partial charge in [-0.1, -0.05) is 37.0 Å². The molecule has 0 aliphatic carbocycles. The minimum atomic E-state index is -0.404. The molecule has 0 amide bonds. The molecule has 16 heavy (non-hydrogen) atoms. The van der Waals surface area contributed by atoms with Crippen molar-refractivity contribution in [3.63, 3.8) is 0 Å². The highest BCUT2D eigenvalue weighted by molar-refractivity contribution is 6.39. The Labute approximate surface area is 103 Å². The highest BCUT2D eigenvalue weighted by Crippen LogP contribution is 2.31. The first kappa shape index (κ1) is 11.6. The summed E-state index contributed by atoms with van der Waals surface area (Å²) < 4.78 is 13.2. The Bertz CT molecular complexity index is 552. The normalized spacial score (nSPS) is 11.4. The minimum Gasteiger partial charge on any atom is -0.251 e. The standard InChI is InChI=1S/C12H10Cl2FN/c1-6(2)11-5-9(13)8-3-7(15)4-10(14)12(8)16-11/h3-6H,1-2H3. The number of hydrogen-bond donors (Lipinski definition) is 0. The van der Waals surface area contributed by atoms with Crippen molar-refractivity contribution in [2.75, 3.05) is 0 Å². The molecule has 0 N–H and O–H groups in total. The summed E-state index contributed by atoms with van der Waals surface area (Å²) in [5, 5.41) is 1.32. The molecule has 2 rings (SSSR count). The van der Waals surface area contributed by atoms with Gasteiger partial charge in [0.15, 0.2) is 0 Å². The number of aromatic nitrogens is 1. The third-order valence-electron chi connectivity index (χ3n) is 2.39. The number of halogens is 3.